The normalized spacial score (nSPS) is 11.4. The van der Waals surface area contributed by atoms with Crippen LogP contribution in [0.4, 0.5) is 5.95 Å². The van der Waals surface area contributed by atoms with Crippen molar-refractivity contribution >= 4 is 23.3 Å². The molecule has 2 aromatic heterocycles. The number of imidazole rings is 1. The van der Waals surface area contributed by atoms with E-state index in [1.165, 1.54) is 11.6 Å². The number of nitrogens with zero attached hydrogens (tertiary/aromatic N) is 4. The molecule has 0 saturated carbocycles. The van der Waals surface area contributed by atoms with Gasteiger partial charge in [-0.15, -0.1) is 0 Å². The van der Waals surface area contributed by atoms with E-state index in [1.807, 2.05) is 30.3 Å². The molecular weight excluding hydrogens is 284 g/mol. The molecular formula is C14H14N6O2. The Morgan fingerprint density at radius 3 is 2.64 bits per heavy atom. The second kappa shape index (κ2) is 5.32. The van der Waals surface area contributed by atoms with Gasteiger partial charge in [-0.1, -0.05) is 30.3 Å². The topological polar surface area (TPSA) is 97.1 Å². The molecule has 2 N–H and O–H groups in total. The van der Waals surface area contributed by atoms with Crippen LogP contribution in [0.3, 0.4) is 0 Å². The maximum Gasteiger partial charge on any atom is 0.332 e. The van der Waals surface area contributed by atoms with Crippen LogP contribution in [0.25, 0.3) is 11.2 Å². The molecule has 112 valence electrons. The molecule has 0 aliphatic heterocycles. The van der Waals surface area contributed by atoms with Crippen LogP contribution in [0.15, 0.2) is 45.0 Å². The van der Waals surface area contributed by atoms with Gasteiger partial charge >= 0.3 is 5.69 Å². The zero-order chi connectivity index (χ0) is 15.7. The summed E-state index contributed by atoms with van der Waals surface area (Å²) in [5.41, 5.74) is 3.32. The lowest BCUT2D eigenvalue weighted by atomic mass is 10.2. The average molecular weight is 298 g/mol. The third kappa shape index (κ3) is 2.30. The van der Waals surface area contributed by atoms with E-state index in [-0.39, 0.29) is 11.2 Å². The highest BCUT2D eigenvalue weighted by molar-refractivity contribution is 5.80. The molecule has 0 spiro atoms. The fraction of sp³-hybridized carbons (Fsp3) is 0.143. The van der Waals surface area contributed by atoms with Crippen LogP contribution >= 0.6 is 0 Å². The fourth-order valence-corrected chi connectivity index (χ4v) is 2.09. The van der Waals surface area contributed by atoms with E-state index < -0.39 is 11.2 Å². The van der Waals surface area contributed by atoms with Crippen molar-refractivity contribution in [1.29, 1.82) is 0 Å². The highest BCUT2D eigenvalue weighted by Crippen LogP contribution is 2.08. The summed E-state index contributed by atoms with van der Waals surface area (Å²) in [5.74, 6) is 0.292. The molecule has 0 radical (unpaired) electrons. The van der Waals surface area contributed by atoms with Crippen LogP contribution in [-0.4, -0.2) is 25.3 Å². The standard InChI is InChI=1S/C14H14N6O2/c1-19-11-10(12(21)20(2)14(19)22)16-13(17-11)18-15-8-9-6-4-3-5-7-9/h3-8H,1-2H3,(H2,16,17,18). The predicted molar refractivity (Wildman–Crippen MR) is 84.2 cm³/mol. The summed E-state index contributed by atoms with van der Waals surface area (Å²) >= 11 is 0. The van der Waals surface area contributed by atoms with Gasteiger partial charge in [0.15, 0.2) is 11.2 Å². The number of hydrogen-bond acceptors (Lipinski definition) is 5. The SMILES string of the molecule is Cn1c(=O)c2[nH]c(NN=Cc3ccccc3)nc2n(C)c1=O. The van der Waals surface area contributed by atoms with Crippen LogP contribution in [0.5, 0.6) is 0 Å². The van der Waals surface area contributed by atoms with Crippen molar-refractivity contribution in [3.8, 4) is 0 Å². The number of rotatable bonds is 3. The third-order valence-electron chi connectivity index (χ3n) is 3.28. The van der Waals surface area contributed by atoms with Crippen molar-refractivity contribution in [2.24, 2.45) is 19.2 Å². The molecule has 0 atom stereocenters. The van der Waals surface area contributed by atoms with Gasteiger partial charge in [0.25, 0.3) is 5.56 Å². The molecule has 0 aliphatic rings. The molecule has 0 fully saturated rings. The summed E-state index contributed by atoms with van der Waals surface area (Å²) in [7, 11) is 2.98. The Bertz CT molecular complexity index is 965. The Balaban J connectivity index is 1.95. The number of hydrogen-bond donors (Lipinski definition) is 2. The molecule has 22 heavy (non-hydrogen) atoms. The smallest absolute Gasteiger partial charge is 0.317 e. The first-order valence-electron chi connectivity index (χ1n) is 6.58. The lowest BCUT2D eigenvalue weighted by Gasteiger charge is -2.00. The van der Waals surface area contributed by atoms with Crippen LogP contribution < -0.4 is 16.7 Å². The van der Waals surface area contributed by atoms with Crippen molar-refractivity contribution in [3.05, 3.63) is 56.7 Å². The second-order valence-corrected chi connectivity index (χ2v) is 4.77. The van der Waals surface area contributed by atoms with Gasteiger partial charge in [-0.25, -0.2) is 10.2 Å². The van der Waals surface area contributed by atoms with E-state index in [1.54, 1.807) is 13.3 Å². The maximum absolute atomic E-state index is 12.0. The summed E-state index contributed by atoms with van der Waals surface area (Å²) in [6.07, 6.45) is 1.63. The predicted octanol–water partition coefficient (Wildman–Crippen LogP) is 0.406. The Labute approximate surface area is 124 Å². The molecule has 8 nitrogen and oxygen atoms in total. The first-order chi connectivity index (χ1) is 10.6. The van der Waals surface area contributed by atoms with E-state index >= 15 is 0 Å². The monoisotopic (exact) mass is 298 g/mol. The first-order valence-corrected chi connectivity index (χ1v) is 6.58. The number of hydrazone groups is 1. The van der Waals surface area contributed by atoms with Crippen molar-refractivity contribution in [1.82, 2.24) is 19.1 Å². The van der Waals surface area contributed by atoms with Gasteiger partial charge in [0, 0.05) is 14.1 Å². The number of benzene rings is 1. The quantitative estimate of drug-likeness (QED) is 0.540. The number of H-pyrrole nitrogens is 1. The highest BCUT2D eigenvalue weighted by atomic mass is 16.2. The van der Waals surface area contributed by atoms with Gasteiger partial charge in [-0.3, -0.25) is 13.9 Å². The number of aryl methyl sites for hydroxylation is 1. The van der Waals surface area contributed by atoms with Gasteiger partial charge in [-0.2, -0.15) is 10.1 Å². The summed E-state index contributed by atoms with van der Waals surface area (Å²) in [6, 6.07) is 9.54. The third-order valence-corrected chi connectivity index (χ3v) is 3.28. The number of nitrogens with one attached hydrogen (secondary N) is 2. The average Bonchev–Trinajstić information content (AvgIpc) is 2.96. The zero-order valence-electron chi connectivity index (χ0n) is 12.1. The molecule has 0 amide bonds. The minimum absolute atomic E-state index is 0.252. The molecule has 3 rings (SSSR count). The molecule has 1 aromatic carbocycles. The number of fused-ring (bicyclic) bond motifs is 1. The Hall–Kier alpha value is -3.16. The Morgan fingerprint density at radius 2 is 1.91 bits per heavy atom. The van der Waals surface area contributed by atoms with Crippen LogP contribution in [-0.2, 0) is 14.1 Å². The molecule has 3 aromatic rings. The minimum Gasteiger partial charge on any atom is -0.317 e. The van der Waals surface area contributed by atoms with Gasteiger partial charge in [0.2, 0.25) is 5.95 Å². The van der Waals surface area contributed by atoms with Gasteiger partial charge in [0.1, 0.15) is 0 Å². The summed E-state index contributed by atoms with van der Waals surface area (Å²) in [5, 5.41) is 4.05. The lowest BCUT2D eigenvalue weighted by molar-refractivity contribution is 0.709. The molecule has 2 heterocycles. The van der Waals surface area contributed by atoms with E-state index in [0.29, 0.717) is 5.95 Å². The van der Waals surface area contributed by atoms with E-state index in [2.05, 4.69) is 20.5 Å². The van der Waals surface area contributed by atoms with Gasteiger partial charge in [-0.05, 0) is 5.56 Å². The van der Waals surface area contributed by atoms with E-state index in [0.717, 1.165) is 10.1 Å². The first kappa shape index (κ1) is 13.8. The van der Waals surface area contributed by atoms with E-state index in [4.69, 9.17) is 0 Å². The fourth-order valence-electron chi connectivity index (χ4n) is 2.09. The van der Waals surface area contributed by atoms with Crippen molar-refractivity contribution in [2.45, 2.75) is 0 Å². The molecule has 0 bridgehead atoms. The minimum atomic E-state index is -0.427. The highest BCUT2D eigenvalue weighted by Gasteiger charge is 2.12. The van der Waals surface area contributed by atoms with Gasteiger partial charge in [0.05, 0.1) is 6.21 Å². The summed E-state index contributed by atoms with van der Waals surface area (Å²) in [4.78, 5) is 30.9. The second-order valence-electron chi connectivity index (χ2n) is 4.77. The number of aromatic nitrogens is 4. The Kier molecular flexibility index (Phi) is 3.34. The largest absolute Gasteiger partial charge is 0.332 e. The van der Waals surface area contributed by atoms with Crippen LogP contribution in [0.1, 0.15) is 5.56 Å². The summed E-state index contributed by atoms with van der Waals surface area (Å²) in [6.45, 7) is 0. The molecule has 0 aliphatic carbocycles. The van der Waals surface area contributed by atoms with Crippen molar-refractivity contribution in [3.63, 3.8) is 0 Å². The zero-order valence-corrected chi connectivity index (χ0v) is 12.1. The van der Waals surface area contributed by atoms with Crippen LogP contribution in [0, 0.1) is 0 Å². The van der Waals surface area contributed by atoms with E-state index in [9.17, 15) is 9.59 Å². The van der Waals surface area contributed by atoms with Crippen molar-refractivity contribution in [2.75, 3.05) is 5.43 Å². The van der Waals surface area contributed by atoms with Crippen molar-refractivity contribution < 1.29 is 0 Å². The number of aromatic amines is 1. The lowest BCUT2D eigenvalue weighted by Crippen LogP contribution is -2.36. The van der Waals surface area contributed by atoms with Crippen LogP contribution in [0.2, 0.25) is 0 Å². The molecule has 0 unspecified atom stereocenters. The molecule has 0 saturated heterocycles. The number of anilines is 1. The maximum atomic E-state index is 12.0. The molecule has 8 heteroatoms. The summed E-state index contributed by atoms with van der Waals surface area (Å²) < 4.78 is 2.33. The Morgan fingerprint density at radius 1 is 1.18 bits per heavy atom. The van der Waals surface area contributed by atoms with Gasteiger partial charge < -0.3 is 4.98 Å².